The quantitative estimate of drug-likeness (QED) is 0.493. The first-order chi connectivity index (χ1) is 13.7. The van der Waals surface area contributed by atoms with Crippen molar-refractivity contribution in [3.05, 3.63) is 35.5 Å². The van der Waals surface area contributed by atoms with Gasteiger partial charge in [-0.05, 0) is 91.3 Å². The Hall–Kier alpha value is -0.820. The number of fused-ring (bicyclic) bond motifs is 5. The first kappa shape index (κ1) is 21.4. The van der Waals surface area contributed by atoms with Gasteiger partial charge in [-0.1, -0.05) is 77.0 Å². The first-order valence-corrected chi connectivity index (χ1v) is 12.4. The van der Waals surface area contributed by atoms with E-state index in [1.165, 1.54) is 37.7 Å². The standard InChI is InChI=1S/C28H44O/c1-18(2)19(3)7-8-20(4)24-11-12-25-23-10-9-21-17-22(29)13-15-27(21,5)26(23)14-16-28(24,25)6/h7-10,18-20,22,24-26,29H,11-17H2,1-6H3/b8-7+/t19-,20-,22+,24+,25+,26-,27+,28-/m1/s1. The van der Waals surface area contributed by atoms with E-state index in [1.807, 2.05) is 0 Å². The Labute approximate surface area is 179 Å². The smallest absolute Gasteiger partial charge is 0.0578 e. The SMILES string of the molecule is CC(C)[C@H](C)/C=C/[C@@H](C)[C@@H]1CC[C@H]2C3=CC=C4C[C@@H](O)CC[C@]4(C)[C@@H]3CC[C@@]21C. The lowest BCUT2D eigenvalue weighted by Gasteiger charge is -2.55. The van der Waals surface area contributed by atoms with Crippen LogP contribution >= 0.6 is 0 Å². The fourth-order valence-electron chi connectivity index (χ4n) is 7.59. The van der Waals surface area contributed by atoms with Gasteiger partial charge in [0.15, 0.2) is 0 Å². The van der Waals surface area contributed by atoms with Crippen LogP contribution < -0.4 is 0 Å². The zero-order valence-electron chi connectivity index (χ0n) is 19.7. The number of allylic oxidation sites excluding steroid dienone is 5. The van der Waals surface area contributed by atoms with E-state index in [4.69, 9.17) is 0 Å². The average molecular weight is 397 g/mol. The third kappa shape index (κ3) is 3.50. The molecule has 3 fully saturated rings. The molecule has 0 radical (unpaired) electrons. The molecule has 0 amide bonds. The highest BCUT2D eigenvalue weighted by Crippen LogP contribution is 2.65. The highest BCUT2D eigenvalue weighted by molar-refractivity contribution is 5.39. The van der Waals surface area contributed by atoms with Gasteiger partial charge in [0.05, 0.1) is 6.10 Å². The summed E-state index contributed by atoms with van der Waals surface area (Å²) in [6, 6.07) is 0. The van der Waals surface area contributed by atoms with Gasteiger partial charge in [-0.2, -0.15) is 0 Å². The molecule has 1 N–H and O–H groups in total. The molecule has 29 heavy (non-hydrogen) atoms. The van der Waals surface area contributed by atoms with E-state index in [0.29, 0.717) is 22.7 Å². The van der Waals surface area contributed by atoms with Gasteiger partial charge in [0.1, 0.15) is 0 Å². The summed E-state index contributed by atoms with van der Waals surface area (Å²) in [6.07, 6.45) is 18.4. The van der Waals surface area contributed by atoms with Gasteiger partial charge >= 0.3 is 0 Å². The number of aliphatic hydroxyl groups is 1. The summed E-state index contributed by atoms with van der Waals surface area (Å²) in [4.78, 5) is 0. The summed E-state index contributed by atoms with van der Waals surface area (Å²) >= 11 is 0. The van der Waals surface area contributed by atoms with Crippen LogP contribution in [0.4, 0.5) is 0 Å². The number of rotatable bonds is 4. The highest BCUT2D eigenvalue weighted by atomic mass is 16.3. The summed E-state index contributed by atoms with van der Waals surface area (Å²) in [7, 11) is 0. The maximum Gasteiger partial charge on any atom is 0.0578 e. The Morgan fingerprint density at radius 2 is 1.69 bits per heavy atom. The van der Waals surface area contributed by atoms with Crippen LogP contribution in [0.5, 0.6) is 0 Å². The van der Waals surface area contributed by atoms with Crippen LogP contribution in [0.3, 0.4) is 0 Å². The second-order valence-electron chi connectivity index (χ2n) is 11.9. The minimum atomic E-state index is -0.116. The van der Waals surface area contributed by atoms with Gasteiger partial charge in [0, 0.05) is 0 Å². The van der Waals surface area contributed by atoms with Crippen LogP contribution in [0.25, 0.3) is 0 Å². The molecule has 4 rings (SSSR count). The second kappa shape index (κ2) is 7.70. The van der Waals surface area contributed by atoms with Crippen molar-refractivity contribution in [1.29, 1.82) is 0 Å². The molecule has 0 aliphatic heterocycles. The summed E-state index contributed by atoms with van der Waals surface area (Å²) < 4.78 is 0. The molecule has 1 heteroatoms. The largest absolute Gasteiger partial charge is 0.393 e. The molecule has 0 aromatic rings. The Kier molecular flexibility index (Phi) is 5.69. The maximum absolute atomic E-state index is 10.2. The van der Waals surface area contributed by atoms with Gasteiger partial charge in [-0.3, -0.25) is 0 Å². The van der Waals surface area contributed by atoms with Gasteiger partial charge in [0.2, 0.25) is 0 Å². The Balaban J connectivity index is 1.57. The fourth-order valence-corrected chi connectivity index (χ4v) is 7.59. The van der Waals surface area contributed by atoms with Crippen molar-refractivity contribution < 1.29 is 5.11 Å². The molecule has 0 bridgehead atoms. The van der Waals surface area contributed by atoms with Gasteiger partial charge in [-0.25, -0.2) is 0 Å². The lowest BCUT2D eigenvalue weighted by atomic mass is 9.50. The van der Waals surface area contributed by atoms with Crippen molar-refractivity contribution in [1.82, 2.24) is 0 Å². The van der Waals surface area contributed by atoms with E-state index < -0.39 is 0 Å². The number of hydrogen-bond donors (Lipinski definition) is 1. The van der Waals surface area contributed by atoms with Crippen molar-refractivity contribution in [2.75, 3.05) is 0 Å². The second-order valence-corrected chi connectivity index (χ2v) is 11.9. The topological polar surface area (TPSA) is 20.2 Å². The summed E-state index contributed by atoms with van der Waals surface area (Å²) in [5.74, 6) is 4.38. The highest BCUT2D eigenvalue weighted by Gasteiger charge is 2.56. The predicted molar refractivity (Wildman–Crippen MR) is 123 cm³/mol. The van der Waals surface area contributed by atoms with Crippen LogP contribution in [-0.4, -0.2) is 11.2 Å². The van der Waals surface area contributed by atoms with E-state index in [1.54, 1.807) is 5.57 Å². The monoisotopic (exact) mass is 396 g/mol. The van der Waals surface area contributed by atoms with E-state index in [0.717, 1.165) is 36.5 Å². The normalized spacial score (nSPS) is 44.0. The Morgan fingerprint density at radius 3 is 2.41 bits per heavy atom. The molecule has 0 heterocycles. The summed E-state index contributed by atoms with van der Waals surface area (Å²) in [5.41, 5.74) is 4.07. The fraction of sp³-hybridized carbons (Fsp3) is 0.786. The maximum atomic E-state index is 10.2. The Bertz CT molecular complexity index is 712. The van der Waals surface area contributed by atoms with Crippen molar-refractivity contribution in [2.45, 2.75) is 92.6 Å². The Morgan fingerprint density at radius 1 is 0.931 bits per heavy atom. The molecule has 0 spiro atoms. The summed E-state index contributed by atoms with van der Waals surface area (Å²) in [5, 5.41) is 10.2. The van der Waals surface area contributed by atoms with Crippen molar-refractivity contribution in [3.8, 4) is 0 Å². The number of aliphatic hydroxyl groups excluding tert-OH is 1. The van der Waals surface area contributed by atoms with Crippen LogP contribution in [0.2, 0.25) is 0 Å². The average Bonchev–Trinajstić information content (AvgIpc) is 3.03. The van der Waals surface area contributed by atoms with Crippen LogP contribution in [0, 0.1) is 46.3 Å². The lowest BCUT2D eigenvalue weighted by molar-refractivity contribution is 0.0382. The minimum absolute atomic E-state index is 0.116. The third-order valence-electron chi connectivity index (χ3n) is 10.0. The van der Waals surface area contributed by atoms with Crippen LogP contribution in [0.1, 0.15) is 86.5 Å². The third-order valence-corrected chi connectivity index (χ3v) is 10.0. The molecule has 8 atom stereocenters. The van der Waals surface area contributed by atoms with E-state index in [9.17, 15) is 5.11 Å². The van der Waals surface area contributed by atoms with Gasteiger partial charge in [0.25, 0.3) is 0 Å². The molecular weight excluding hydrogens is 352 g/mol. The minimum Gasteiger partial charge on any atom is -0.393 e. The molecule has 4 aliphatic rings. The zero-order valence-corrected chi connectivity index (χ0v) is 19.7. The molecule has 3 saturated carbocycles. The lowest BCUT2D eigenvalue weighted by Crippen LogP contribution is -2.46. The van der Waals surface area contributed by atoms with E-state index in [2.05, 4.69) is 65.8 Å². The predicted octanol–water partition coefficient (Wildman–Crippen LogP) is 7.33. The molecule has 0 aromatic carbocycles. The number of hydrogen-bond acceptors (Lipinski definition) is 1. The van der Waals surface area contributed by atoms with E-state index in [-0.39, 0.29) is 6.10 Å². The van der Waals surface area contributed by atoms with Crippen LogP contribution in [-0.2, 0) is 0 Å². The van der Waals surface area contributed by atoms with E-state index >= 15 is 0 Å². The molecule has 0 aromatic heterocycles. The summed E-state index contributed by atoms with van der Waals surface area (Å²) in [6.45, 7) is 14.6. The molecule has 0 saturated heterocycles. The van der Waals surface area contributed by atoms with Crippen LogP contribution in [0.15, 0.2) is 35.5 Å². The molecule has 162 valence electrons. The van der Waals surface area contributed by atoms with Crippen molar-refractivity contribution in [3.63, 3.8) is 0 Å². The van der Waals surface area contributed by atoms with Gasteiger partial charge < -0.3 is 5.11 Å². The van der Waals surface area contributed by atoms with Crippen molar-refractivity contribution in [2.24, 2.45) is 46.3 Å². The van der Waals surface area contributed by atoms with Gasteiger partial charge in [-0.15, -0.1) is 0 Å². The molecule has 1 nitrogen and oxygen atoms in total. The molecule has 4 aliphatic carbocycles. The first-order valence-electron chi connectivity index (χ1n) is 12.4. The zero-order chi connectivity index (χ0) is 21.0. The molecular formula is C28H44O. The van der Waals surface area contributed by atoms with Crippen molar-refractivity contribution >= 4 is 0 Å². The molecule has 0 unspecified atom stereocenters.